The number of nitrogens with one attached hydrogen (secondary N) is 1. The number of methoxy groups -OCH3 is 3. The Balaban J connectivity index is 1.58. The zero-order valence-electron chi connectivity index (χ0n) is 21.6. The lowest BCUT2D eigenvalue weighted by Gasteiger charge is -2.24. The fourth-order valence-electron chi connectivity index (χ4n) is 3.72. The van der Waals surface area contributed by atoms with Crippen LogP contribution in [0.25, 0.3) is 10.9 Å². The minimum absolute atomic E-state index is 0.0625. The highest BCUT2D eigenvalue weighted by Gasteiger charge is 2.28. The Morgan fingerprint density at radius 2 is 1.73 bits per heavy atom. The van der Waals surface area contributed by atoms with E-state index in [1.807, 2.05) is 0 Å². The second-order valence-electron chi connectivity index (χ2n) is 8.23. The number of ether oxygens (including phenoxy) is 3. The summed E-state index contributed by atoms with van der Waals surface area (Å²) in [6, 6.07) is 15.7. The molecule has 13 heteroatoms. The molecule has 0 aliphatic rings. The highest BCUT2D eigenvalue weighted by Crippen LogP contribution is 2.32. The number of sulfonamides is 1. The molecule has 1 N–H and O–H groups in total. The van der Waals surface area contributed by atoms with Gasteiger partial charge in [0.1, 0.15) is 23.3 Å². The van der Waals surface area contributed by atoms with E-state index in [-0.39, 0.29) is 21.5 Å². The first-order chi connectivity index (χ1) is 19.2. The topological polar surface area (TPSA) is 119 Å². The van der Waals surface area contributed by atoms with Gasteiger partial charge in [-0.25, -0.2) is 23.2 Å². The number of aromatic nitrogens is 1. The Labute approximate surface area is 235 Å². The highest BCUT2D eigenvalue weighted by molar-refractivity contribution is 7.92. The Morgan fingerprint density at radius 3 is 2.40 bits per heavy atom. The van der Waals surface area contributed by atoms with Crippen LogP contribution in [0.3, 0.4) is 0 Å². The van der Waals surface area contributed by atoms with E-state index in [9.17, 15) is 17.6 Å². The number of amides is 1. The molecule has 1 heterocycles. The number of hydrogen-bond donors (Lipinski definition) is 1. The summed E-state index contributed by atoms with van der Waals surface area (Å²) in [5.74, 6) is -0.211. The van der Waals surface area contributed by atoms with Crippen LogP contribution < -0.4 is 23.9 Å². The van der Waals surface area contributed by atoms with Crippen molar-refractivity contribution < 1.29 is 31.8 Å². The average molecular weight is 587 g/mol. The smallest absolute Gasteiger partial charge is 0.264 e. The van der Waals surface area contributed by atoms with Crippen LogP contribution in [0.4, 0.5) is 10.1 Å². The van der Waals surface area contributed by atoms with Gasteiger partial charge in [0, 0.05) is 23.1 Å². The van der Waals surface area contributed by atoms with Crippen molar-refractivity contribution in [2.75, 3.05) is 32.2 Å². The van der Waals surface area contributed by atoms with Gasteiger partial charge in [-0.2, -0.15) is 5.10 Å². The molecular formula is C27H24ClFN4O6S. The van der Waals surface area contributed by atoms with E-state index >= 15 is 0 Å². The molecule has 208 valence electrons. The Morgan fingerprint density at radius 1 is 1.00 bits per heavy atom. The third-order valence-corrected chi connectivity index (χ3v) is 7.82. The predicted molar refractivity (Wildman–Crippen MR) is 150 cm³/mol. The number of fused-ring (bicyclic) bond motifs is 1. The maximum Gasteiger partial charge on any atom is 0.264 e. The van der Waals surface area contributed by atoms with Crippen molar-refractivity contribution in [3.05, 3.63) is 83.3 Å². The largest absolute Gasteiger partial charge is 0.497 e. The van der Waals surface area contributed by atoms with Crippen LogP contribution in [0.15, 0.2) is 76.7 Å². The maximum absolute atomic E-state index is 13.6. The second-order valence-corrected chi connectivity index (χ2v) is 10.4. The molecule has 0 saturated heterocycles. The number of anilines is 1. The lowest BCUT2D eigenvalue weighted by atomic mass is 10.1. The minimum Gasteiger partial charge on any atom is -0.497 e. The van der Waals surface area contributed by atoms with Crippen molar-refractivity contribution in [3.8, 4) is 17.2 Å². The van der Waals surface area contributed by atoms with E-state index in [2.05, 4.69) is 15.5 Å². The molecule has 1 amide bonds. The van der Waals surface area contributed by atoms with Crippen LogP contribution in [-0.2, 0) is 14.8 Å². The first-order valence-corrected chi connectivity index (χ1v) is 13.4. The van der Waals surface area contributed by atoms with Gasteiger partial charge < -0.3 is 14.2 Å². The van der Waals surface area contributed by atoms with Crippen molar-refractivity contribution in [2.24, 2.45) is 5.10 Å². The Kier molecular flexibility index (Phi) is 8.70. The number of nitrogens with zero attached hydrogens (tertiary/aromatic N) is 3. The summed E-state index contributed by atoms with van der Waals surface area (Å²) in [5.41, 5.74) is 3.40. The summed E-state index contributed by atoms with van der Waals surface area (Å²) in [6.45, 7) is -0.664. The summed E-state index contributed by atoms with van der Waals surface area (Å²) < 4.78 is 57.2. The molecule has 10 nitrogen and oxygen atoms in total. The van der Waals surface area contributed by atoms with Gasteiger partial charge in [-0.15, -0.1) is 0 Å². The molecule has 3 aromatic carbocycles. The van der Waals surface area contributed by atoms with Gasteiger partial charge in [0.15, 0.2) is 11.5 Å². The summed E-state index contributed by atoms with van der Waals surface area (Å²) in [5, 5.41) is 4.82. The molecule has 0 radical (unpaired) electrons. The molecule has 0 bridgehead atoms. The fraction of sp³-hybridized carbons (Fsp3) is 0.148. The second kappa shape index (κ2) is 12.2. The van der Waals surface area contributed by atoms with Crippen LogP contribution in [0, 0.1) is 5.82 Å². The van der Waals surface area contributed by atoms with Gasteiger partial charge >= 0.3 is 0 Å². The lowest BCUT2D eigenvalue weighted by Crippen LogP contribution is -2.39. The zero-order chi connectivity index (χ0) is 28.9. The summed E-state index contributed by atoms with van der Waals surface area (Å²) >= 11 is 6.27. The number of pyridine rings is 1. The Bertz CT molecular complexity index is 1680. The zero-order valence-corrected chi connectivity index (χ0v) is 23.2. The van der Waals surface area contributed by atoms with Crippen LogP contribution in [0.1, 0.15) is 5.56 Å². The van der Waals surface area contributed by atoms with E-state index in [4.69, 9.17) is 25.8 Å². The van der Waals surface area contributed by atoms with E-state index in [1.54, 1.807) is 31.4 Å². The normalized spacial score (nSPS) is 11.4. The number of carbonyl (C=O) groups excluding carboxylic acids is 1. The summed E-state index contributed by atoms with van der Waals surface area (Å²) in [6.07, 6.45) is 1.29. The molecule has 4 rings (SSSR count). The number of carbonyl (C=O) groups is 1. The van der Waals surface area contributed by atoms with Gasteiger partial charge in [-0.1, -0.05) is 11.6 Å². The van der Waals surface area contributed by atoms with Crippen molar-refractivity contribution in [3.63, 3.8) is 0 Å². The van der Waals surface area contributed by atoms with Gasteiger partial charge in [0.05, 0.1) is 43.6 Å². The van der Waals surface area contributed by atoms with Crippen molar-refractivity contribution in [1.82, 2.24) is 10.4 Å². The van der Waals surface area contributed by atoms with Crippen molar-refractivity contribution >= 4 is 50.3 Å². The number of rotatable bonds is 10. The molecule has 40 heavy (non-hydrogen) atoms. The van der Waals surface area contributed by atoms with Crippen LogP contribution in [0.5, 0.6) is 17.2 Å². The van der Waals surface area contributed by atoms with Crippen LogP contribution >= 0.6 is 11.6 Å². The molecule has 0 aliphatic carbocycles. The van der Waals surface area contributed by atoms with E-state index in [1.165, 1.54) is 50.8 Å². The van der Waals surface area contributed by atoms with Crippen LogP contribution in [-0.4, -0.2) is 53.4 Å². The quantitative estimate of drug-likeness (QED) is 0.166. The monoisotopic (exact) mass is 586 g/mol. The molecule has 0 saturated carbocycles. The Hall–Kier alpha value is -4.42. The summed E-state index contributed by atoms with van der Waals surface area (Å²) in [7, 11) is 0.0154. The third-order valence-electron chi connectivity index (χ3n) is 5.74. The first kappa shape index (κ1) is 28.6. The molecule has 0 spiro atoms. The molecule has 0 fully saturated rings. The average Bonchev–Trinajstić information content (AvgIpc) is 2.95. The van der Waals surface area contributed by atoms with Crippen molar-refractivity contribution in [1.29, 1.82) is 0 Å². The number of hydrogen-bond acceptors (Lipinski definition) is 8. The maximum atomic E-state index is 13.6. The van der Waals surface area contributed by atoms with Crippen molar-refractivity contribution in [2.45, 2.75) is 4.90 Å². The number of halogens is 2. The standard InChI is InChI=1S/C27H24ClFN4O6S/c1-37-21-9-4-17-12-18(27(28)31-23(17)13-21)15-30-32-26(34)16-33(20-7-5-19(29)6-8-20)40(35,36)22-10-11-24(38-2)25(14-22)39-3/h4-15H,16H2,1-3H3,(H,32,34)/b30-15-. The highest BCUT2D eigenvalue weighted by atomic mass is 35.5. The molecule has 0 unspecified atom stereocenters. The lowest BCUT2D eigenvalue weighted by molar-refractivity contribution is -0.119. The third kappa shape index (κ3) is 6.24. The van der Waals surface area contributed by atoms with Gasteiger partial charge in [0.2, 0.25) is 0 Å². The molecule has 0 atom stereocenters. The van der Waals surface area contributed by atoms with E-state index < -0.39 is 28.3 Å². The predicted octanol–water partition coefficient (Wildman–Crippen LogP) is 4.40. The van der Waals surface area contributed by atoms with Crippen LogP contribution in [0.2, 0.25) is 5.15 Å². The van der Waals surface area contributed by atoms with Gasteiger partial charge in [-0.05, 0) is 54.6 Å². The minimum atomic E-state index is -4.31. The number of benzene rings is 3. The van der Waals surface area contributed by atoms with E-state index in [0.717, 1.165) is 21.8 Å². The molecule has 1 aromatic heterocycles. The molecule has 4 aromatic rings. The van der Waals surface area contributed by atoms with Gasteiger partial charge in [0.25, 0.3) is 15.9 Å². The summed E-state index contributed by atoms with van der Waals surface area (Å²) in [4.78, 5) is 17.0. The molecule has 0 aliphatic heterocycles. The SMILES string of the molecule is COc1ccc2cc(/C=N\NC(=O)CN(c3ccc(F)cc3)S(=O)(=O)c3ccc(OC)c(OC)c3)c(Cl)nc2c1. The van der Waals surface area contributed by atoms with Gasteiger partial charge in [-0.3, -0.25) is 9.10 Å². The van der Waals surface area contributed by atoms with E-state index in [0.29, 0.717) is 22.6 Å². The number of hydrazone groups is 1. The molecular weight excluding hydrogens is 563 g/mol. The fourth-order valence-corrected chi connectivity index (χ4v) is 5.35. The first-order valence-electron chi connectivity index (χ1n) is 11.6.